The Balaban J connectivity index is 1.55. The maximum Gasteiger partial charge on any atom is 0.265 e. The molecule has 0 saturated heterocycles. The number of aromatic nitrogens is 1. The summed E-state index contributed by atoms with van der Waals surface area (Å²) in [7, 11) is 0. The molecule has 0 unspecified atom stereocenters. The number of carbonyl (C=O) groups excluding carboxylic acids is 1. The molecule has 1 aromatic heterocycles. The SMILES string of the molecule is C[C@H](Oc1ccc(Cl)cc1Cl)C(=O)Nc1ccccc1-c1nc2ccccc2s1. The van der Waals surface area contributed by atoms with Gasteiger partial charge in [0.1, 0.15) is 10.8 Å². The molecule has 1 N–H and O–H groups in total. The third kappa shape index (κ3) is 4.37. The van der Waals surface area contributed by atoms with Gasteiger partial charge in [-0.1, -0.05) is 47.5 Å². The van der Waals surface area contributed by atoms with E-state index >= 15 is 0 Å². The molecule has 3 aromatic carbocycles. The second-order valence-corrected chi connectivity index (χ2v) is 8.23. The van der Waals surface area contributed by atoms with E-state index < -0.39 is 6.10 Å². The second-order valence-electron chi connectivity index (χ2n) is 6.36. The number of hydrogen-bond donors (Lipinski definition) is 1. The summed E-state index contributed by atoms with van der Waals surface area (Å²) in [5.41, 5.74) is 2.47. The van der Waals surface area contributed by atoms with Gasteiger partial charge in [0.2, 0.25) is 0 Å². The minimum absolute atomic E-state index is 0.287. The average molecular weight is 443 g/mol. The lowest BCUT2D eigenvalue weighted by atomic mass is 10.2. The van der Waals surface area contributed by atoms with Crippen LogP contribution >= 0.6 is 34.5 Å². The van der Waals surface area contributed by atoms with Crippen molar-refractivity contribution >= 4 is 56.3 Å². The van der Waals surface area contributed by atoms with Crippen molar-refractivity contribution in [1.82, 2.24) is 4.98 Å². The molecule has 7 heteroatoms. The van der Waals surface area contributed by atoms with Crippen LogP contribution in [0.15, 0.2) is 66.7 Å². The van der Waals surface area contributed by atoms with E-state index in [1.165, 1.54) is 0 Å². The Labute approximate surface area is 182 Å². The van der Waals surface area contributed by atoms with Gasteiger partial charge in [-0.25, -0.2) is 4.98 Å². The summed E-state index contributed by atoms with van der Waals surface area (Å²) in [6.45, 7) is 1.67. The average Bonchev–Trinajstić information content (AvgIpc) is 3.14. The van der Waals surface area contributed by atoms with Gasteiger partial charge in [-0.2, -0.15) is 0 Å². The number of hydrogen-bond acceptors (Lipinski definition) is 4. The van der Waals surface area contributed by atoms with Crippen molar-refractivity contribution in [3.8, 4) is 16.3 Å². The van der Waals surface area contributed by atoms with Crippen LogP contribution in [0, 0.1) is 0 Å². The van der Waals surface area contributed by atoms with Crippen molar-refractivity contribution in [2.45, 2.75) is 13.0 Å². The minimum atomic E-state index is -0.753. The third-order valence-corrected chi connectivity index (χ3v) is 5.88. The van der Waals surface area contributed by atoms with Crippen molar-refractivity contribution in [1.29, 1.82) is 0 Å². The zero-order valence-corrected chi connectivity index (χ0v) is 17.7. The molecule has 4 nitrogen and oxygen atoms in total. The summed E-state index contributed by atoms with van der Waals surface area (Å²) < 4.78 is 6.81. The first-order chi connectivity index (χ1) is 14.0. The highest BCUT2D eigenvalue weighted by Crippen LogP contribution is 2.34. The zero-order valence-electron chi connectivity index (χ0n) is 15.4. The quantitative estimate of drug-likeness (QED) is 0.375. The highest BCUT2D eigenvalue weighted by Gasteiger charge is 2.19. The molecule has 0 saturated carbocycles. The second kappa shape index (κ2) is 8.41. The predicted octanol–water partition coefficient (Wildman–Crippen LogP) is 6.68. The largest absolute Gasteiger partial charge is 0.479 e. The number of benzene rings is 3. The predicted molar refractivity (Wildman–Crippen MR) is 120 cm³/mol. The normalized spacial score (nSPS) is 12.0. The number of nitrogens with one attached hydrogen (secondary N) is 1. The molecule has 29 heavy (non-hydrogen) atoms. The van der Waals surface area contributed by atoms with E-state index in [9.17, 15) is 4.79 Å². The minimum Gasteiger partial charge on any atom is -0.479 e. The first kappa shape index (κ1) is 19.7. The van der Waals surface area contributed by atoms with Crippen LogP contribution in [-0.2, 0) is 4.79 Å². The molecular formula is C22H16Cl2N2O2S. The first-order valence-corrected chi connectivity index (χ1v) is 10.5. The number of amides is 1. The Morgan fingerprint density at radius 1 is 1.07 bits per heavy atom. The van der Waals surface area contributed by atoms with Gasteiger partial charge in [0, 0.05) is 10.6 Å². The van der Waals surface area contributed by atoms with Crippen molar-refractivity contribution in [3.05, 3.63) is 76.8 Å². The number of carbonyl (C=O) groups is 1. The molecule has 1 amide bonds. The van der Waals surface area contributed by atoms with Gasteiger partial charge in [0.05, 0.1) is 20.9 Å². The van der Waals surface area contributed by atoms with Crippen LogP contribution in [0.4, 0.5) is 5.69 Å². The molecule has 0 spiro atoms. The fourth-order valence-corrected chi connectivity index (χ4v) is 4.27. The molecule has 0 fully saturated rings. The van der Waals surface area contributed by atoms with Crippen LogP contribution < -0.4 is 10.1 Å². The summed E-state index contributed by atoms with van der Waals surface area (Å²) in [4.78, 5) is 17.4. The number of halogens is 2. The number of thiazole rings is 1. The van der Waals surface area contributed by atoms with E-state index in [2.05, 4.69) is 10.3 Å². The number of rotatable bonds is 5. The standard InChI is InChI=1S/C22H16Cl2N2O2S/c1-13(28-19-11-10-14(23)12-16(19)24)21(27)25-17-7-3-2-6-15(17)22-26-18-8-4-5-9-20(18)29-22/h2-13H,1H3,(H,25,27)/t13-/m0/s1. The molecule has 1 atom stereocenters. The molecule has 0 aliphatic heterocycles. The number of para-hydroxylation sites is 2. The number of anilines is 1. The van der Waals surface area contributed by atoms with Crippen molar-refractivity contribution in [2.75, 3.05) is 5.32 Å². The van der Waals surface area contributed by atoms with E-state index in [0.717, 1.165) is 20.8 Å². The Morgan fingerprint density at radius 2 is 1.83 bits per heavy atom. The number of nitrogens with zero attached hydrogens (tertiary/aromatic N) is 1. The first-order valence-electron chi connectivity index (χ1n) is 8.89. The van der Waals surface area contributed by atoms with Crippen LogP contribution in [0.1, 0.15) is 6.92 Å². The zero-order chi connectivity index (χ0) is 20.4. The van der Waals surface area contributed by atoms with Gasteiger partial charge in [-0.3, -0.25) is 4.79 Å². The third-order valence-electron chi connectivity index (χ3n) is 4.28. The molecule has 4 aromatic rings. The fraction of sp³-hybridized carbons (Fsp3) is 0.0909. The van der Waals surface area contributed by atoms with Crippen molar-refractivity contribution in [3.63, 3.8) is 0 Å². The summed E-state index contributed by atoms with van der Waals surface area (Å²) in [6.07, 6.45) is -0.753. The van der Waals surface area contributed by atoms with Crippen LogP contribution in [0.5, 0.6) is 5.75 Å². The molecular weight excluding hydrogens is 427 g/mol. The summed E-state index contributed by atoms with van der Waals surface area (Å²) in [5.74, 6) is 0.114. The van der Waals surface area contributed by atoms with Gasteiger partial charge in [0.25, 0.3) is 5.91 Å². The van der Waals surface area contributed by atoms with Crippen LogP contribution in [0.2, 0.25) is 10.0 Å². The molecule has 0 radical (unpaired) electrons. The maximum absolute atomic E-state index is 12.7. The Bertz CT molecular complexity index is 1160. The summed E-state index contributed by atoms with van der Waals surface area (Å²) in [5, 5.41) is 4.64. The number of ether oxygens (including phenoxy) is 1. The Morgan fingerprint density at radius 3 is 2.62 bits per heavy atom. The van der Waals surface area contributed by atoms with Crippen LogP contribution in [0.3, 0.4) is 0 Å². The van der Waals surface area contributed by atoms with Gasteiger partial charge in [-0.15, -0.1) is 11.3 Å². The topological polar surface area (TPSA) is 51.2 Å². The van der Waals surface area contributed by atoms with Crippen LogP contribution in [0.25, 0.3) is 20.8 Å². The highest BCUT2D eigenvalue weighted by molar-refractivity contribution is 7.21. The smallest absolute Gasteiger partial charge is 0.265 e. The highest BCUT2D eigenvalue weighted by atomic mass is 35.5. The summed E-state index contributed by atoms with van der Waals surface area (Å²) >= 11 is 13.6. The van der Waals surface area contributed by atoms with Gasteiger partial charge in [-0.05, 0) is 49.4 Å². The lowest BCUT2D eigenvalue weighted by molar-refractivity contribution is -0.122. The van der Waals surface area contributed by atoms with Crippen molar-refractivity contribution < 1.29 is 9.53 Å². The van der Waals surface area contributed by atoms with Crippen LogP contribution in [-0.4, -0.2) is 17.0 Å². The Kier molecular flexibility index (Phi) is 5.72. The Hall–Kier alpha value is -2.60. The van der Waals surface area contributed by atoms with Gasteiger partial charge < -0.3 is 10.1 Å². The van der Waals surface area contributed by atoms with Gasteiger partial charge in [0.15, 0.2) is 6.10 Å². The summed E-state index contributed by atoms with van der Waals surface area (Å²) in [6, 6.07) is 20.4. The fourth-order valence-electron chi connectivity index (χ4n) is 2.82. The molecule has 0 bridgehead atoms. The van der Waals surface area contributed by atoms with Crippen molar-refractivity contribution in [2.24, 2.45) is 0 Å². The maximum atomic E-state index is 12.7. The monoisotopic (exact) mass is 442 g/mol. The molecule has 0 aliphatic rings. The van der Waals surface area contributed by atoms with E-state index in [0.29, 0.717) is 21.5 Å². The molecule has 1 heterocycles. The van der Waals surface area contributed by atoms with Gasteiger partial charge >= 0.3 is 0 Å². The molecule has 4 rings (SSSR count). The van der Waals surface area contributed by atoms with E-state index in [1.54, 1.807) is 36.5 Å². The molecule has 146 valence electrons. The van der Waals surface area contributed by atoms with E-state index in [-0.39, 0.29) is 5.91 Å². The lowest BCUT2D eigenvalue weighted by Crippen LogP contribution is -2.30. The lowest BCUT2D eigenvalue weighted by Gasteiger charge is -2.17. The molecule has 0 aliphatic carbocycles. The van der Waals surface area contributed by atoms with E-state index in [1.807, 2.05) is 48.5 Å². The van der Waals surface area contributed by atoms with E-state index in [4.69, 9.17) is 27.9 Å². The number of fused-ring (bicyclic) bond motifs is 1.